The maximum absolute atomic E-state index is 12.9. The van der Waals surface area contributed by atoms with E-state index in [-0.39, 0.29) is 5.91 Å². The number of amides is 1. The summed E-state index contributed by atoms with van der Waals surface area (Å²) < 4.78 is 0. The van der Waals surface area contributed by atoms with Crippen molar-refractivity contribution in [2.45, 2.75) is 32.1 Å². The van der Waals surface area contributed by atoms with Crippen molar-refractivity contribution in [2.24, 2.45) is 0 Å². The van der Waals surface area contributed by atoms with Gasteiger partial charge in [0.05, 0.1) is 5.69 Å². The number of hydrogen-bond acceptors (Lipinski definition) is 3. The van der Waals surface area contributed by atoms with E-state index in [2.05, 4.69) is 51.6 Å². The first-order chi connectivity index (χ1) is 12.7. The maximum atomic E-state index is 12.9. The van der Waals surface area contributed by atoms with Gasteiger partial charge in [0.2, 0.25) is 0 Å². The molecular formula is C20H23N5O. The lowest BCUT2D eigenvalue weighted by Crippen LogP contribution is -2.39. The van der Waals surface area contributed by atoms with E-state index in [1.165, 1.54) is 5.56 Å². The lowest BCUT2D eigenvalue weighted by atomic mass is 9.94. The first kappa shape index (κ1) is 16.6. The van der Waals surface area contributed by atoms with Crippen molar-refractivity contribution in [3.63, 3.8) is 0 Å². The van der Waals surface area contributed by atoms with E-state index in [4.69, 9.17) is 0 Å². The first-order valence-electron chi connectivity index (χ1n) is 9.18. The van der Waals surface area contributed by atoms with Crippen molar-refractivity contribution in [1.82, 2.24) is 25.3 Å². The molecule has 4 rings (SSSR count). The highest BCUT2D eigenvalue weighted by Gasteiger charge is 2.27. The summed E-state index contributed by atoms with van der Waals surface area (Å²) in [6.07, 6.45) is 4.84. The molecule has 6 heteroatoms. The van der Waals surface area contributed by atoms with Crippen LogP contribution in [0.15, 0.2) is 42.6 Å². The second kappa shape index (κ2) is 7.15. The van der Waals surface area contributed by atoms with Gasteiger partial charge in [-0.3, -0.25) is 15.0 Å². The quantitative estimate of drug-likeness (QED) is 0.758. The van der Waals surface area contributed by atoms with E-state index in [1.807, 2.05) is 17.0 Å². The van der Waals surface area contributed by atoms with Crippen LogP contribution >= 0.6 is 0 Å². The van der Waals surface area contributed by atoms with Gasteiger partial charge < -0.3 is 4.90 Å². The summed E-state index contributed by atoms with van der Waals surface area (Å²) in [7, 11) is 0. The van der Waals surface area contributed by atoms with Gasteiger partial charge in [0, 0.05) is 36.5 Å². The SMILES string of the molecule is CCc1ccc(-c2cc(C(=O)N3CCC[C@@H](c4ccn[nH]4)C3)[nH]n2)cc1. The third-order valence-corrected chi connectivity index (χ3v) is 5.14. The van der Waals surface area contributed by atoms with Gasteiger partial charge in [-0.1, -0.05) is 31.2 Å². The van der Waals surface area contributed by atoms with E-state index in [1.54, 1.807) is 6.20 Å². The molecule has 3 heterocycles. The molecule has 0 saturated carbocycles. The summed E-state index contributed by atoms with van der Waals surface area (Å²) in [5.41, 5.74) is 4.76. The van der Waals surface area contributed by atoms with Gasteiger partial charge >= 0.3 is 0 Å². The van der Waals surface area contributed by atoms with E-state index in [0.717, 1.165) is 42.8 Å². The minimum absolute atomic E-state index is 0.0122. The molecule has 0 bridgehead atoms. The average Bonchev–Trinajstić information content (AvgIpc) is 3.40. The van der Waals surface area contributed by atoms with Gasteiger partial charge in [0.15, 0.2) is 0 Å². The Labute approximate surface area is 152 Å². The van der Waals surface area contributed by atoms with E-state index in [9.17, 15) is 4.79 Å². The Morgan fingerprint density at radius 3 is 2.81 bits per heavy atom. The molecule has 1 aliphatic rings. The number of carbonyl (C=O) groups is 1. The van der Waals surface area contributed by atoms with Crippen LogP contribution < -0.4 is 0 Å². The molecule has 1 saturated heterocycles. The standard InChI is InChI=1S/C20H23N5O/c1-2-14-5-7-15(8-6-14)18-12-19(24-23-18)20(26)25-11-3-4-16(13-25)17-9-10-21-22-17/h5-10,12,16H,2-4,11,13H2,1H3,(H,21,22)(H,23,24)/t16-/m1/s1. The normalized spacial score (nSPS) is 17.4. The molecule has 26 heavy (non-hydrogen) atoms. The van der Waals surface area contributed by atoms with Crippen molar-refractivity contribution >= 4 is 5.91 Å². The van der Waals surface area contributed by atoms with Crippen molar-refractivity contribution in [2.75, 3.05) is 13.1 Å². The van der Waals surface area contributed by atoms with Gasteiger partial charge in [-0.2, -0.15) is 10.2 Å². The Hall–Kier alpha value is -2.89. The number of carbonyl (C=O) groups excluding carboxylic acids is 1. The number of hydrogen-bond donors (Lipinski definition) is 2. The molecule has 0 aliphatic carbocycles. The van der Waals surface area contributed by atoms with Crippen molar-refractivity contribution in [3.05, 3.63) is 59.5 Å². The number of nitrogens with one attached hydrogen (secondary N) is 2. The van der Waals surface area contributed by atoms with E-state index in [0.29, 0.717) is 18.2 Å². The van der Waals surface area contributed by atoms with E-state index >= 15 is 0 Å². The number of nitrogens with zero attached hydrogens (tertiary/aromatic N) is 3. The molecule has 3 aromatic rings. The summed E-state index contributed by atoms with van der Waals surface area (Å²) in [6, 6.07) is 12.2. The molecule has 0 radical (unpaired) electrons. The largest absolute Gasteiger partial charge is 0.337 e. The molecule has 1 fully saturated rings. The first-order valence-corrected chi connectivity index (χ1v) is 9.18. The molecule has 134 valence electrons. The van der Waals surface area contributed by atoms with Crippen LogP contribution in [-0.4, -0.2) is 44.3 Å². The zero-order valence-corrected chi connectivity index (χ0v) is 14.9. The molecule has 1 atom stereocenters. The average molecular weight is 349 g/mol. The van der Waals surface area contributed by atoms with Crippen LogP contribution in [0, 0.1) is 0 Å². The molecule has 0 unspecified atom stereocenters. The fraction of sp³-hybridized carbons (Fsp3) is 0.350. The smallest absolute Gasteiger partial charge is 0.271 e. The number of H-pyrrole nitrogens is 2. The third kappa shape index (κ3) is 3.27. The number of aromatic nitrogens is 4. The topological polar surface area (TPSA) is 77.7 Å². The number of likely N-dealkylation sites (tertiary alicyclic amines) is 1. The summed E-state index contributed by atoms with van der Waals surface area (Å²) in [4.78, 5) is 14.8. The lowest BCUT2D eigenvalue weighted by molar-refractivity contribution is 0.0700. The Bertz CT molecular complexity index is 866. The van der Waals surface area contributed by atoms with Crippen molar-refractivity contribution in [1.29, 1.82) is 0 Å². The van der Waals surface area contributed by atoms with Crippen LogP contribution in [0.5, 0.6) is 0 Å². The highest BCUT2D eigenvalue weighted by molar-refractivity contribution is 5.93. The van der Waals surface area contributed by atoms with Crippen LogP contribution in [0.2, 0.25) is 0 Å². The molecule has 6 nitrogen and oxygen atoms in total. The van der Waals surface area contributed by atoms with Crippen LogP contribution in [0.3, 0.4) is 0 Å². The van der Waals surface area contributed by atoms with Crippen molar-refractivity contribution < 1.29 is 4.79 Å². The molecule has 1 aromatic carbocycles. The number of piperidine rings is 1. The predicted molar refractivity (Wildman–Crippen MR) is 99.9 cm³/mol. The minimum atomic E-state index is 0.0122. The number of benzene rings is 1. The second-order valence-corrected chi connectivity index (χ2v) is 6.82. The van der Waals surface area contributed by atoms with Crippen LogP contribution in [0.1, 0.15) is 47.4 Å². The Morgan fingerprint density at radius 2 is 2.08 bits per heavy atom. The zero-order chi connectivity index (χ0) is 17.9. The van der Waals surface area contributed by atoms with Gasteiger partial charge in [-0.25, -0.2) is 0 Å². The second-order valence-electron chi connectivity index (χ2n) is 6.82. The van der Waals surface area contributed by atoms with Gasteiger partial charge in [-0.05, 0) is 37.0 Å². The fourth-order valence-electron chi connectivity index (χ4n) is 3.57. The van der Waals surface area contributed by atoms with Crippen molar-refractivity contribution in [3.8, 4) is 11.3 Å². The summed E-state index contributed by atoms with van der Waals surface area (Å²) >= 11 is 0. The number of rotatable bonds is 4. The van der Waals surface area contributed by atoms with Gasteiger partial charge in [0.25, 0.3) is 5.91 Å². The minimum Gasteiger partial charge on any atom is -0.337 e. The van der Waals surface area contributed by atoms with Gasteiger partial charge in [-0.15, -0.1) is 0 Å². The number of aryl methyl sites for hydroxylation is 1. The third-order valence-electron chi connectivity index (χ3n) is 5.14. The molecule has 0 spiro atoms. The molecule has 2 N–H and O–H groups in total. The molecule has 1 aliphatic heterocycles. The van der Waals surface area contributed by atoms with Crippen LogP contribution in [-0.2, 0) is 6.42 Å². The molecule has 1 amide bonds. The van der Waals surface area contributed by atoms with Gasteiger partial charge in [0.1, 0.15) is 5.69 Å². The monoisotopic (exact) mass is 349 g/mol. The van der Waals surface area contributed by atoms with Crippen LogP contribution in [0.4, 0.5) is 0 Å². The highest BCUT2D eigenvalue weighted by Crippen LogP contribution is 2.26. The lowest BCUT2D eigenvalue weighted by Gasteiger charge is -2.31. The summed E-state index contributed by atoms with van der Waals surface area (Å²) in [5, 5.41) is 14.3. The Balaban J connectivity index is 1.48. The predicted octanol–water partition coefficient (Wildman–Crippen LogP) is 3.38. The summed E-state index contributed by atoms with van der Waals surface area (Å²) in [5.74, 6) is 0.331. The highest BCUT2D eigenvalue weighted by atomic mass is 16.2. The van der Waals surface area contributed by atoms with Crippen LogP contribution in [0.25, 0.3) is 11.3 Å². The van der Waals surface area contributed by atoms with E-state index < -0.39 is 0 Å². The Kier molecular flexibility index (Phi) is 4.56. The fourth-order valence-corrected chi connectivity index (χ4v) is 3.57. The Morgan fingerprint density at radius 1 is 1.23 bits per heavy atom. The maximum Gasteiger partial charge on any atom is 0.271 e. The molecular weight excluding hydrogens is 326 g/mol. The number of aromatic amines is 2. The molecule has 2 aromatic heterocycles. The summed E-state index contributed by atoms with van der Waals surface area (Å²) in [6.45, 7) is 3.62. The zero-order valence-electron chi connectivity index (χ0n) is 14.9.